The lowest BCUT2D eigenvalue weighted by Crippen LogP contribution is -2.45. The fourth-order valence-electron chi connectivity index (χ4n) is 2.36. The zero-order valence-corrected chi connectivity index (χ0v) is 19.1. The molecule has 0 radical (unpaired) electrons. The van der Waals surface area contributed by atoms with E-state index < -0.39 is 11.7 Å². The average Bonchev–Trinajstić information content (AvgIpc) is 2.55. The van der Waals surface area contributed by atoms with Crippen molar-refractivity contribution in [2.24, 2.45) is 4.99 Å². The van der Waals surface area contributed by atoms with E-state index in [0.717, 1.165) is 45.4 Å². The van der Waals surface area contributed by atoms with Crippen molar-refractivity contribution in [3.05, 3.63) is 0 Å². The number of nitrogens with one attached hydrogen (secondary N) is 3. The first-order valence-electron chi connectivity index (χ1n) is 9.12. The van der Waals surface area contributed by atoms with Crippen LogP contribution in [0.5, 0.6) is 0 Å². The van der Waals surface area contributed by atoms with Gasteiger partial charge in [-0.15, -0.1) is 24.0 Å². The van der Waals surface area contributed by atoms with Crippen LogP contribution in [0.2, 0.25) is 0 Å². The molecule has 0 aromatic heterocycles. The molecule has 1 unspecified atom stereocenters. The van der Waals surface area contributed by atoms with E-state index in [2.05, 4.69) is 32.8 Å². The van der Waals surface area contributed by atoms with Gasteiger partial charge in [-0.2, -0.15) is 0 Å². The molecule has 3 N–H and O–H groups in total. The van der Waals surface area contributed by atoms with Gasteiger partial charge in [0.15, 0.2) is 5.96 Å². The van der Waals surface area contributed by atoms with Crippen LogP contribution in [0.1, 0.15) is 34.6 Å². The first-order valence-corrected chi connectivity index (χ1v) is 9.12. The minimum absolute atomic E-state index is 0. The first-order chi connectivity index (χ1) is 11.8. The van der Waals surface area contributed by atoms with Crippen molar-refractivity contribution in [1.82, 2.24) is 20.9 Å². The number of carbonyl (C=O) groups excluding carboxylic acids is 1. The zero-order valence-electron chi connectivity index (χ0n) is 16.8. The number of ether oxygens (including phenoxy) is 2. The molecule has 9 heteroatoms. The number of morpholine rings is 1. The number of carbonyl (C=O) groups is 1. The van der Waals surface area contributed by atoms with Crippen molar-refractivity contribution in [2.45, 2.75) is 46.3 Å². The lowest BCUT2D eigenvalue weighted by molar-refractivity contribution is 0.0220. The number of hydrogen-bond donors (Lipinski definition) is 3. The molecule has 1 fully saturated rings. The molecule has 0 spiro atoms. The summed E-state index contributed by atoms with van der Waals surface area (Å²) in [6.45, 7) is 15.8. The highest BCUT2D eigenvalue weighted by atomic mass is 127. The summed E-state index contributed by atoms with van der Waals surface area (Å²) in [6.07, 6.45) is -0.405. The largest absolute Gasteiger partial charge is 0.444 e. The number of nitrogens with zero attached hydrogens (tertiary/aromatic N) is 2. The van der Waals surface area contributed by atoms with Gasteiger partial charge in [-0.25, -0.2) is 4.79 Å². The lowest BCUT2D eigenvalue weighted by Gasteiger charge is -2.31. The number of amides is 1. The third kappa shape index (κ3) is 11.7. The molecular formula is C17H36IN5O3. The molecule has 0 aromatic rings. The highest BCUT2D eigenvalue weighted by Crippen LogP contribution is 2.06. The van der Waals surface area contributed by atoms with E-state index in [9.17, 15) is 4.79 Å². The molecular weight excluding hydrogens is 449 g/mol. The maximum absolute atomic E-state index is 11.6. The monoisotopic (exact) mass is 485 g/mol. The summed E-state index contributed by atoms with van der Waals surface area (Å²) in [5, 5.41) is 9.17. The van der Waals surface area contributed by atoms with Crippen LogP contribution in [0.15, 0.2) is 4.99 Å². The molecule has 0 saturated carbocycles. The highest BCUT2D eigenvalue weighted by molar-refractivity contribution is 14.0. The smallest absolute Gasteiger partial charge is 0.407 e. The van der Waals surface area contributed by atoms with Crippen molar-refractivity contribution in [2.75, 3.05) is 52.5 Å². The summed E-state index contributed by atoms with van der Waals surface area (Å²) in [4.78, 5) is 18.6. The van der Waals surface area contributed by atoms with E-state index >= 15 is 0 Å². The van der Waals surface area contributed by atoms with Crippen molar-refractivity contribution >= 4 is 36.0 Å². The van der Waals surface area contributed by atoms with Gasteiger partial charge in [-0.05, 0) is 34.6 Å². The van der Waals surface area contributed by atoms with Gasteiger partial charge >= 0.3 is 6.09 Å². The number of hydrogen-bond acceptors (Lipinski definition) is 5. The van der Waals surface area contributed by atoms with Crippen molar-refractivity contribution in [3.63, 3.8) is 0 Å². The second-order valence-corrected chi connectivity index (χ2v) is 7.07. The van der Waals surface area contributed by atoms with Gasteiger partial charge in [0, 0.05) is 38.8 Å². The number of alkyl carbamates (subject to hydrolysis) is 1. The number of halogens is 1. The van der Waals surface area contributed by atoms with Gasteiger partial charge in [0.2, 0.25) is 0 Å². The van der Waals surface area contributed by atoms with Gasteiger partial charge in [0.1, 0.15) is 5.60 Å². The van der Waals surface area contributed by atoms with Gasteiger partial charge in [-0.1, -0.05) is 0 Å². The topological polar surface area (TPSA) is 87.2 Å². The Morgan fingerprint density at radius 3 is 2.38 bits per heavy atom. The van der Waals surface area contributed by atoms with E-state index in [1.165, 1.54) is 0 Å². The molecule has 154 valence electrons. The van der Waals surface area contributed by atoms with E-state index in [4.69, 9.17) is 9.47 Å². The normalized spacial score (nSPS) is 17.0. The minimum atomic E-state index is -0.483. The third-order valence-corrected chi connectivity index (χ3v) is 3.61. The summed E-state index contributed by atoms with van der Waals surface area (Å²) in [6, 6.07) is 0.374. The maximum Gasteiger partial charge on any atom is 0.407 e. The fraction of sp³-hybridized carbons (Fsp3) is 0.882. The van der Waals surface area contributed by atoms with Gasteiger partial charge in [0.25, 0.3) is 0 Å². The number of rotatable bonds is 7. The molecule has 1 rings (SSSR count). The second-order valence-electron chi connectivity index (χ2n) is 7.07. The Morgan fingerprint density at radius 1 is 1.19 bits per heavy atom. The maximum atomic E-state index is 11.6. The molecule has 1 aliphatic heterocycles. The van der Waals surface area contributed by atoms with E-state index in [1.54, 1.807) is 0 Å². The van der Waals surface area contributed by atoms with Crippen LogP contribution < -0.4 is 16.0 Å². The third-order valence-electron chi connectivity index (χ3n) is 3.61. The molecule has 8 nitrogen and oxygen atoms in total. The molecule has 1 saturated heterocycles. The van der Waals surface area contributed by atoms with Gasteiger partial charge < -0.3 is 25.4 Å². The molecule has 0 aromatic carbocycles. The highest BCUT2D eigenvalue weighted by Gasteiger charge is 2.17. The van der Waals surface area contributed by atoms with Crippen LogP contribution in [-0.4, -0.2) is 81.1 Å². The fourth-order valence-corrected chi connectivity index (χ4v) is 2.36. The van der Waals surface area contributed by atoms with Crippen LogP contribution in [0.25, 0.3) is 0 Å². The van der Waals surface area contributed by atoms with Crippen molar-refractivity contribution in [3.8, 4) is 0 Å². The van der Waals surface area contributed by atoms with Crippen LogP contribution in [0.4, 0.5) is 4.79 Å². The molecule has 1 heterocycles. The second kappa shape index (κ2) is 13.4. The average molecular weight is 485 g/mol. The Labute approximate surface area is 174 Å². The van der Waals surface area contributed by atoms with Crippen LogP contribution in [0, 0.1) is 0 Å². The first kappa shape index (κ1) is 25.2. The minimum Gasteiger partial charge on any atom is -0.444 e. The Morgan fingerprint density at radius 2 is 1.81 bits per heavy atom. The predicted molar refractivity (Wildman–Crippen MR) is 115 cm³/mol. The number of aliphatic imine (C=N–C) groups is 1. The quantitative estimate of drug-likeness (QED) is 0.219. The van der Waals surface area contributed by atoms with E-state index in [1.807, 2.05) is 27.7 Å². The van der Waals surface area contributed by atoms with E-state index in [0.29, 0.717) is 19.1 Å². The summed E-state index contributed by atoms with van der Waals surface area (Å²) in [5.41, 5.74) is -0.483. The standard InChI is InChI=1S/C17H35N5O3.HI/c1-6-18-15(19-7-8-20-16(23)25-17(3,4)5)21-13-14(2)22-9-11-24-12-10-22;/h14H,6-13H2,1-5H3,(H,20,23)(H2,18,19,21);1H. The summed E-state index contributed by atoms with van der Waals surface area (Å²) >= 11 is 0. The Hall–Kier alpha value is -0.810. The van der Waals surface area contributed by atoms with Crippen molar-refractivity contribution < 1.29 is 14.3 Å². The SMILES string of the molecule is CCNC(=NCC(C)N1CCOCC1)NCCNC(=O)OC(C)(C)C.I. The lowest BCUT2D eigenvalue weighted by atomic mass is 10.2. The van der Waals surface area contributed by atoms with E-state index in [-0.39, 0.29) is 24.0 Å². The van der Waals surface area contributed by atoms with Gasteiger partial charge in [0.05, 0.1) is 19.8 Å². The molecule has 26 heavy (non-hydrogen) atoms. The number of guanidine groups is 1. The molecule has 1 aliphatic rings. The molecule has 1 amide bonds. The molecule has 0 aliphatic carbocycles. The van der Waals surface area contributed by atoms with Crippen molar-refractivity contribution in [1.29, 1.82) is 0 Å². The summed E-state index contributed by atoms with van der Waals surface area (Å²) < 4.78 is 10.6. The molecule has 0 bridgehead atoms. The predicted octanol–water partition coefficient (Wildman–Crippen LogP) is 1.40. The zero-order chi connectivity index (χ0) is 18.7. The summed E-state index contributed by atoms with van der Waals surface area (Å²) in [7, 11) is 0. The van der Waals surface area contributed by atoms with Crippen LogP contribution >= 0.6 is 24.0 Å². The molecule has 1 atom stereocenters. The van der Waals surface area contributed by atoms with Crippen LogP contribution in [0.3, 0.4) is 0 Å². The Bertz CT molecular complexity index is 423. The Balaban J connectivity index is 0.00000625. The van der Waals surface area contributed by atoms with Gasteiger partial charge in [-0.3, -0.25) is 9.89 Å². The summed E-state index contributed by atoms with van der Waals surface area (Å²) in [5.74, 6) is 0.758. The Kier molecular flexibility index (Phi) is 13.0. The van der Waals surface area contributed by atoms with Crippen LogP contribution in [-0.2, 0) is 9.47 Å².